The Kier molecular flexibility index (Phi) is 4.42. The van der Waals surface area contributed by atoms with Gasteiger partial charge in [0.25, 0.3) is 0 Å². The number of piperazine rings is 1. The Morgan fingerprint density at radius 3 is 2.76 bits per heavy atom. The molecule has 7 nitrogen and oxygen atoms in total. The van der Waals surface area contributed by atoms with Gasteiger partial charge in [-0.05, 0) is 30.0 Å². The second-order valence-corrected chi connectivity index (χ2v) is 9.07. The number of ether oxygens (including phenoxy) is 2. The van der Waals surface area contributed by atoms with E-state index in [0.29, 0.717) is 18.8 Å². The average molecular weight is 395 g/mol. The number of hydrogen-bond acceptors (Lipinski definition) is 6. The maximum atomic E-state index is 12.4. The number of nitrogens with one attached hydrogen (secondary N) is 1. The summed E-state index contributed by atoms with van der Waals surface area (Å²) in [5.41, 5.74) is 2.86. The molecule has 1 N–H and O–H groups in total. The summed E-state index contributed by atoms with van der Waals surface area (Å²) in [6, 6.07) is 6.21. The monoisotopic (exact) mass is 395 g/mol. The zero-order valence-electron chi connectivity index (χ0n) is 17.0. The van der Waals surface area contributed by atoms with Crippen molar-refractivity contribution in [2.75, 3.05) is 37.9 Å². The van der Waals surface area contributed by atoms with Crippen LogP contribution in [0.25, 0.3) is 0 Å². The van der Waals surface area contributed by atoms with Crippen LogP contribution in [0.4, 0.5) is 5.95 Å². The van der Waals surface area contributed by atoms with Crippen LogP contribution in [0.2, 0.25) is 0 Å². The number of rotatable bonds is 3. The van der Waals surface area contributed by atoms with Gasteiger partial charge in [0.05, 0.1) is 37.4 Å². The third-order valence-corrected chi connectivity index (χ3v) is 6.08. The lowest BCUT2D eigenvalue weighted by Crippen LogP contribution is -3.13. The zero-order chi connectivity index (χ0) is 20.0. The van der Waals surface area contributed by atoms with Gasteiger partial charge >= 0.3 is 0 Å². The number of carbonyl (C=O) groups is 1. The van der Waals surface area contributed by atoms with Gasteiger partial charge in [0.2, 0.25) is 12.7 Å². The first-order chi connectivity index (χ1) is 14.0. The van der Waals surface area contributed by atoms with Crippen molar-refractivity contribution < 1.29 is 19.2 Å². The van der Waals surface area contributed by atoms with E-state index in [1.165, 1.54) is 10.5 Å². The molecule has 0 saturated carbocycles. The first kappa shape index (κ1) is 18.4. The molecule has 2 aromatic rings. The van der Waals surface area contributed by atoms with Crippen molar-refractivity contribution in [1.82, 2.24) is 9.97 Å². The van der Waals surface area contributed by atoms with E-state index in [1.807, 2.05) is 6.07 Å². The molecule has 5 rings (SSSR count). The van der Waals surface area contributed by atoms with Crippen molar-refractivity contribution in [2.45, 2.75) is 33.2 Å². The van der Waals surface area contributed by atoms with Crippen molar-refractivity contribution in [3.05, 3.63) is 41.2 Å². The molecule has 3 heterocycles. The molecule has 0 unspecified atom stereocenters. The van der Waals surface area contributed by atoms with Crippen LogP contribution >= 0.6 is 0 Å². The van der Waals surface area contributed by atoms with Crippen LogP contribution in [0.5, 0.6) is 11.5 Å². The van der Waals surface area contributed by atoms with E-state index < -0.39 is 0 Å². The fourth-order valence-electron chi connectivity index (χ4n) is 4.51. The standard InChI is InChI=1S/C22H26N4O3/c1-22(2)10-17-16(18(27)11-22)12-23-21(24-17)26-7-5-25(6-8-26)13-15-3-4-19-20(9-15)29-14-28-19/h3-4,9,12H,5-8,10-11,13-14H2,1-2H3/p+1. The molecule has 1 aromatic carbocycles. The molecule has 29 heavy (non-hydrogen) atoms. The van der Waals surface area contributed by atoms with Gasteiger partial charge in [-0.1, -0.05) is 13.8 Å². The fourth-order valence-corrected chi connectivity index (χ4v) is 4.51. The molecule has 3 aliphatic rings. The number of fused-ring (bicyclic) bond motifs is 2. The van der Waals surface area contributed by atoms with Gasteiger partial charge in [0.1, 0.15) is 6.54 Å². The van der Waals surface area contributed by atoms with Crippen molar-refractivity contribution in [1.29, 1.82) is 0 Å². The summed E-state index contributed by atoms with van der Waals surface area (Å²) in [5.74, 6) is 2.61. The molecule has 1 aliphatic carbocycles. The van der Waals surface area contributed by atoms with Crippen LogP contribution in [0.15, 0.2) is 24.4 Å². The summed E-state index contributed by atoms with van der Waals surface area (Å²) >= 11 is 0. The number of ketones is 1. The number of quaternary nitrogens is 1. The van der Waals surface area contributed by atoms with Crippen LogP contribution in [0.3, 0.4) is 0 Å². The van der Waals surface area contributed by atoms with Crippen LogP contribution in [0, 0.1) is 5.41 Å². The predicted molar refractivity (Wildman–Crippen MR) is 108 cm³/mol. The minimum atomic E-state index is -0.0246. The molecule has 1 fully saturated rings. The van der Waals surface area contributed by atoms with Gasteiger partial charge in [-0.15, -0.1) is 0 Å². The second-order valence-electron chi connectivity index (χ2n) is 9.07. The van der Waals surface area contributed by atoms with Crippen molar-refractivity contribution in [3.63, 3.8) is 0 Å². The third-order valence-electron chi connectivity index (χ3n) is 6.08. The van der Waals surface area contributed by atoms with E-state index >= 15 is 0 Å². The number of benzene rings is 1. The molecule has 1 saturated heterocycles. The minimum Gasteiger partial charge on any atom is -0.454 e. The van der Waals surface area contributed by atoms with Gasteiger partial charge in [-0.2, -0.15) is 0 Å². The van der Waals surface area contributed by atoms with Crippen LogP contribution in [0.1, 0.15) is 41.9 Å². The van der Waals surface area contributed by atoms with E-state index in [1.54, 1.807) is 6.20 Å². The summed E-state index contributed by atoms with van der Waals surface area (Å²) in [4.78, 5) is 25.4. The van der Waals surface area contributed by atoms with Crippen molar-refractivity contribution in [2.24, 2.45) is 5.41 Å². The van der Waals surface area contributed by atoms with Gasteiger partial charge in [-0.3, -0.25) is 4.79 Å². The van der Waals surface area contributed by atoms with Gasteiger partial charge < -0.3 is 19.3 Å². The van der Waals surface area contributed by atoms with E-state index in [9.17, 15) is 4.79 Å². The molecule has 152 valence electrons. The maximum absolute atomic E-state index is 12.4. The molecular weight excluding hydrogens is 368 g/mol. The fraction of sp³-hybridized carbons (Fsp3) is 0.500. The van der Waals surface area contributed by atoms with Crippen molar-refractivity contribution in [3.8, 4) is 11.5 Å². The normalized spacial score (nSPS) is 20.6. The number of carbonyl (C=O) groups excluding carboxylic acids is 1. The first-order valence-corrected chi connectivity index (χ1v) is 10.3. The van der Waals surface area contributed by atoms with Gasteiger partial charge in [0.15, 0.2) is 17.3 Å². The largest absolute Gasteiger partial charge is 0.454 e. The third kappa shape index (κ3) is 3.67. The lowest BCUT2D eigenvalue weighted by Gasteiger charge is -2.33. The highest BCUT2D eigenvalue weighted by Gasteiger charge is 2.33. The quantitative estimate of drug-likeness (QED) is 0.844. The summed E-state index contributed by atoms with van der Waals surface area (Å²) in [5, 5.41) is 0. The van der Waals surface area contributed by atoms with Crippen LogP contribution in [-0.4, -0.2) is 48.7 Å². The molecule has 0 atom stereocenters. The smallest absolute Gasteiger partial charge is 0.231 e. The number of hydrogen-bond donors (Lipinski definition) is 1. The first-order valence-electron chi connectivity index (χ1n) is 10.3. The Morgan fingerprint density at radius 1 is 1.14 bits per heavy atom. The Bertz CT molecular complexity index is 951. The van der Waals surface area contributed by atoms with Crippen molar-refractivity contribution >= 4 is 11.7 Å². The Morgan fingerprint density at radius 2 is 1.93 bits per heavy atom. The Balaban J connectivity index is 1.24. The summed E-state index contributed by atoms with van der Waals surface area (Å²) in [6.45, 7) is 9.43. The van der Waals surface area contributed by atoms with E-state index in [0.717, 1.165) is 62.3 Å². The average Bonchev–Trinajstić information content (AvgIpc) is 3.15. The highest BCUT2D eigenvalue weighted by Crippen LogP contribution is 2.34. The minimum absolute atomic E-state index is 0.0246. The SMILES string of the molecule is CC1(C)CC(=O)c2cnc(N3CC[NH+](Cc4ccc5c(c4)OCO5)CC3)nc2C1. The number of nitrogens with zero attached hydrogens (tertiary/aromatic N) is 3. The molecule has 0 bridgehead atoms. The van der Waals surface area contributed by atoms with E-state index in [4.69, 9.17) is 14.5 Å². The van der Waals surface area contributed by atoms with Gasteiger partial charge in [-0.25, -0.2) is 9.97 Å². The molecular formula is C22H27N4O3+. The molecule has 0 amide bonds. The van der Waals surface area contributed by atoms with E-state index in [-0.39, 0.29) is 11.2 Å². The topological polar surface area (TPSA) is 69.0 Å². The Labute approximate surface area is 170 Å². The van der Waals surface area contributed by atoms with Crippen LogP contribution in [-0.2, 0) is 13.0 Å². The second kappa shape index (κ2) is 6.99. The highest BCUT2D eigenvalue weighted by atomic mass is 16.7. The maximum Gasteiger partial charge on any atom is 0.231 e. The number of aromatic nitrogens is 2. The van der Waals surface area contributed by atoms with Gasteiger partial charge in [0, 0.05) is 18.2 Å². The lowest BCUT2D eigenvalue weighted by atomic mass is 9.76. The summed E-state index contributed by atoms with van der Waals surface area (Å²) < 4.78 is 10.9. The summed E-state index contributed by atoms with van der Waals surface area (Å²) in [7, 11) is 0. The molecule has 2 aliphatic heterocycles. The van der Waals surface area contributed by atoms with Crippen LogP contribution < -0.4 is 19.3 Å². The predicted octanol–water partition coefficient (Wildman–Crippen LogP) is 1.27. The lowest BCUT2D eigenvalue weighted by molar-refractivity contribution is -0.914. The zero-order valence-corrected chi connectivity index (χ0v) is 17.0. The molecule has 0 spiro atoms. The molecule has 7 heteroatoms. The summed E-state index contributed by atoms with van der Waals surface area (Å²) in [6.07, 6.45) is 3.14. The highest BCUT2D eigenvalue weighted by molar-refractivity contribution is 5.98. The number of Topliss-reactive ketones (excluding diaryl/α,β-unsaturated/α-hetero) is 1. The van der Waals surface area contributed by atoms with E-state index in [2.05, 4.69) is 35.9 Å². The Hall–Kier alpha value is -2.67. The number of anilines is 1. The molecule has 1 aromatic heterocycles. The molecule has 0 radical (unpaired) electrons.